The predicted octanol–water partition coefficient (Wildman–Crippen LogP) is 2.77. The average Bonchev–Trinajstić information content (AvgIpc) is 2.38. The highest BCUT2D eigenvalue weighted by Gasteiger charge is 2.21. The number of benzene rings is 1. The van der Waals surface area contributed by atoms with E-state index in [1.165, 1.54) is 0 Å². The molecule has 0 radical (unpaired) electrons. The van der Waals surface area contributed by atoms with Crippen LogP contribution in [0.3, 0.4) is 0 Å². The van der Waals surface area contributed by atoms with E-state index in [4.69, 9.17) is 16.3 Å². The lowest BCUT2D eigenvalue weighted by molar-refractivity contribution is 0.0819. The Morgan fingerprint density at radius 2 is 2.12 bits per heavy atom. The van der Waals surface area contributed by atoms with Gasteiger partial charge < -0.3 is 9.64 Å². The second kappa shape index (κ2) is 5.52. The molecule has 0 unspecified atom stereocenters. The lowest BCUT2D eigenvalue weighted by atomic mass is 10.1. The smallest absolute Gasteiger partial charge is 0.153 e. The molecule has 1 aliphatic heterocycles. The van der Waals surface area contributed by atoms with Crippen molar-refractivity contribution in [3.05, 3.63) is 28.8 Å². The van der Waals surface area contributed by atoms with E-state index in [1.54, 1.807) is 13.2 Å². The Balaban J connectivity index is 2.18. The van der Waals surface area contributed by atoms with Crippen LogP contribution in [-0.4, -0.2) is 32.6 Å². The molecule has 4 heteroatoms. The van der Waals surface area contributed by atoms with Crippen LogP contribution in [0.5, 0.6) is 0 Å². The molecule has 0 amide bonds. The molecule has 0 N–H and O–H groups in total. The first-order chi connectivity index (χ1) is 8.26. The summed E-state index contributed by atoms with van der Waals surface area (Å²) >= 11 is 6.02. The largest absolute Gasteiger partial charge is 0.381 e. The molecule has 1 aromatic rings. The first-order valence-corrected chi connectivity index (χ1v) is 6.15. The summed E-state index contributed by atoms with van der Waals surface area (Å²) in [5, 5.41) is 0.520. The zero-order chi connectivity index (χ0) is 12.3. The molecule has 0 bridgehead atoms. The summed E-state index contributed by atoms with van der Waals surface area (Å²) in [4.78, 5) is 13.3. The van der Waals surface area contributed by atoms with Gasteiger partial charge in [0.05, 0.1) is 16.7 Å². The number of rotatable bonds is 3. The summed E-state index contributed by atoms with van der Waals surface area (Å²) in [5.74, 6) is 0. The Labute approximate surface area is 106 Å². The van der Waals surface area contributed by atoms with Crippen molar-refractivity contribution >= 4 is 23.6 Å². The summed E-state index contributed by atoms with van der Waals surface area (Å²) in [6.45, 7) is 1.80. The zero-order valence-electron chi connectivity index (χ0n) is 9.86. The average molecular weight is 254 g/mol. The first-order valence-electron chi connectivity index (χ1n) is 5.77. The molecule has 1 fully saturated rings. The topological polar surface area (TPSA) is 29.5 Å². The van der Waals surface area contributed by atoms with Crippen LogP contribution in [-0.2, 0) is 4.74 Å². The van der Waals surface area contributed by atoms with E-state index in [2.05, 4.69) is 4.90 Å². The van der Waals surface area contributed by atoms with Crippen LogP contribution in [0.2, 0.25) is 5.02 Å². The van der Waals surface area contributed by atoms with Crippen LogP contribution in [0.25, 0.3) is 0 Å². The van der Waals surface area contributed by atoms with Gasteiger partial charge >= 0.3 is 0 Å². The van der Waals surface area contributed by atoms with Crippen LogP contribution in [0.4, 0.5) is 5.69 Å². The summed E-state index contributed by atoms with van der Waals surface area (Å²) < 4.78 is 5.33. The third kappa shape index (κ3) is 2.61. The van der Waals surface area contributed by atoms with Gasteiger partial charge in [-0.05, 0) is 25.0 Å². The molecule has 1 aliphatic rings. The molecule has 1 aromatic carbocycles. The summed E-state index contributed by atoms with van der Waals surface area (Å²) in [6.07, 6.45) is 3.15. The van der Waals surface area contributed by atoms with E-state index in [1.807, 2.05) is 12.1 Å². The first kappa shape index (κ1) is 12.4. The number of halogens is 1. The standard InChI is InChI=1S/C13H16ClNO2/c1-17-10-5-7-15(8-6-10)13-4-2-3-12(14)11(13)9-16/h2-4,9-10H,5-8H2,1H3. The molecule has 92 valence electrons. The van der Waals surface area contributed by atoms with Crippen LogP contribution in [0.1, 0.15) is 23.2 Å². The number of ether oxygens (including phenoxy) is 1. The molecule has 0 aromatic heterocycles. The molecular formula is C13H16ClNO2. The number of methoxy groups -OCH3 is 1. The summed E-state index contributed by atoms with van der Waals surface area (Å²) in [7, 11) is 1.75. The van der Waals surface area contributed by atoms with Crippen LogP contribution in [0, 0.1) is 0 Å². The Hall–Kier alpha value is -1.06. The van der Waals surface area contributed by atoms with Gasteiger partial charge in [0.1, 0.15) is 0 Å². The number of anilines is 1. The van der Waals surface area contributed by atoms with Gasteiger partial charge in [0.2, 0.25) is 0 Å². The summed E-state index contributed by atoms with van der Waals surface area (Å²) in [6, 6.07) is 5.58. The lowest BCUT2D eigenvalue weighted by Crippen LogP contribution is -2.37. The van der Waals surface area contributed by atoms with Crippen LogP contribution in [0.15, 0.2) is 18.2 Å². The SMILES string of the molecule is COC1CCN(c2cccc(Cl)c2C=O)CC1. The van der Waals surface area contributed by atoms with Crippen molar-refractivity contribution < 1.29 is 9.53 Å². The minimum atomic E-state index is 0.338. The van der Waals surface area contributed by atoms with Gasteiger partial charge in [0.15, 0.2) is 6.29 Å². The van der Waals surface area contributed by atoms with Crippen molar-refractivity contribution in [3.8, 4) is 0 Å². The number of hydrogen-bond acceptors (Lipinski definition) is 3. The Morgan fingerprint density at radius 1 is 1.41 bits per heavy atom. The molecule has 0 spiro atoms. The van der Waals surface area contributed by atoms with Gasteiger partial charge in [-0.1, -0.05) is 17.7 Å². The second-order valence-electron chi connectivity index (χ2n) is 4.21. The van der Waals surface area contributed by atoms with E-state index in [0.29, 0.717) is 16.7 Å². The fourth-order valence-corrected chi connectivity index (χ4v) is 2.46. The van der Waals surface area contributed by atoms with E-state index >= 15 is 0 Å². The molecule has 17 heavy (non-hydrogen) atoms. The van der Waals surface area contributed by atoms with Crippen LogP contribution < -0.4 is 4.90 Å². The third-order valence-electron chi connectivity index (χ3n) is 3.26. The molecule has 0 saturated carbocycles. The minimum Gasteiger partial charge on any atom is -0.381 e. The molecule has 1 saturated heterocycles. The third-order valence-corrected chi connectivity index (χ3v) is 3.59. The van der Waals surface area contributed by atoms with Gasteiger partial charge in [0.25, 0.3) is 0 Å². The van der Waals surface area contributed by atoms with Crippen molar-refractivity contribution in [2.45, 2.75) is 18.9 Å². The normalized spacial score (nSPS) is 17.2. The molecule has 1 heterocycles. The number of hydrogen-bond donors (Lipinski definition) is 0. The van der Waals surface area contributed by atoms with Gasteiger partial charge in [-0.15, -0.1) is 0 Å². The number of piperidine rings is 1. The predicted molar refractivity (Wildman–Crippen MR) is 69.1 cm³/mol. The van der Waals surface area contributed by atoms with Crippen molar-refractivity contribution in [2.24, 2.45) is 0 Å². The quantitative estimate of drug-likeness (QED) is 0.776. The zero-order valence-corrected chi connectivity index (χ0v) is 10.6. The van der Waals surface area contributed by atoms with E-state index < -0.39 is 0 Å². The Bertz CT molecular complexity index is 400. The number of carbonyl (C=O) groups excluding carboxylic acids is 1. The van der Waals surface area contributed by atoms with E-state index in [9.17, 15) is 4.79 Å². The lowest BCUT2D eigenvalue weighted by Gasteiger charge is -2.33. The fraction of sp³-hybridized carbons (Fsp3) is 0.462. The highest BCUT2D eigenvalue weighted by Crippen LogP contribution is 2.28. The maximum Gasteiger partial charge on any atom is 0.153 e. The second-order valence-corrected chi connectivity index (χ2v) is 4.62. The molecule has 0 atom stereocenters. The Kier molecular flexibility index (Phi) is 4.02. The van der Waals surface area contributed by atoms with E-state index in [0.717, 1.165) is 37.9 Å². The summed E-state index contributed by atoms with van der Waals surface area (Å²) in [5.41, 5.74) is 1.52. The fourth-order valence-electron chi connectivity index (χ4n) is 2.25. The van der Waals surface area contributed by atoms with Gasteiger partial charge in [-0.3, -0.25) is 4.79 Å². The molecule has 0 aliphatic carbocycles. The monoisotopic (exact) mass is 253 g/mol. The van der Waals surface area contributed by atoms with Crippen molar-refractivity contribution in [2.75, 3.05) is 25.1 Å². The molecule has 2 rings (SSSR count). The number of nitrogens with zero attached hydrogens (tertiary/aromatic N) is 1. The highest BCUT2D eigenvalue weighted by molar-refractivity contribution is 6.33. The minimum absolute atomic E-state index is 0.338. The molecular weight excluding hydrogens is 238 g/mol. The number of carbonyl (C=O) groups is 1. The van der Waals surface area contributed by atoms with Crippen LogP contribution >= 0.6 is 11.6 Å². The molecule has 3 nitrogen and oxygen atoms in total. The Morgan fingerprint density at radius 3 is 2.71 bits per heavy atom. The van der Waals surface area contributed by atoms with Gasteiger partial charge in [-0.25, -0.2) is 0 Å². The van der Waals surface area contributed by atoms with Gasteiger partial charge in [-0.2, -0.15) is 0 Å². The van der Waals surface area contributed by atoms with Crippen molar-refractivity contribution in [1.29, 1.82) is 0 Å². The maximum absolute atomic E-state index is 11.1. The highest BCUT2D eigenvalue weighted by atomic mass is 35.5. The van der Waals surface area contributed by atoms with Crippen molar-refractivity contribution in [1.82, 2.24) is 0 Å². The van der Waals surface area contributed by atoms with Crippen molar-refractivity contribution in [3.63, 3.8) is 0 Å². The van der Waals surface area contributed by atoms with E-state index in [-0.39, 0.29) is 0 Å². The van der Waals surface area contributed by atoms with Gasteiger partial charge in [0, 0.05) is 25.9 Å². The maximum atomic E-state index is 11.1. The number of aldehydes is 1.